The van der Waals surface area contributed by atoms with Crippen LogP contribution in [0, 0.1) is 0 Å². The zero-order valence-electron chi connectivity index (χ0n) is 16.0. The van der Waals surface area contributed by atoms with Crippen molar-refractivity contribution in [1.29, 1.82) is 0 Å². The van der Waals surface area contributed by atoms with Gasteiger partial charge in [0.15, 0.2) is 11.5 Å². The number of hydrogen-bond donors (Lipinski definition) is 1. The van der Waals surface area contributed by atoms with Gasteiger partial charge in [-0.15, -0.1) is 11.3 Å². The monoisotopic (exact) mass is 403 g/mol. The van der Waals surface area contributed by atoms with Gasteiger partial charge in [0, 0.05) is 29.6 Å². The minimum Gasteiger partial charge on any atom is -0.483 e. The summed E-state index contributed by atoms with van der Waals surface area (Å²) in [6.07, 6.45) is 5.21. The number of benzene rings is 1. The van der Waals surface area contributed by atoms with E-state index in [2.05, 4.69) is 0 Å². The first kappa shape index (κ1) is 20.3. The number of carboxylic acids is 1. The van der Waals surface area contributed by atoms with E-state index in [1.54, 1.807) is 0 Å². The smallest absolute Gasteiger partial charge is 0.303 e. The minimum absolute atomic E-state index is 0.0807. The van der Waals surface area contributed by atoms with E-state index in [1.165, 1.54) is 17.8 Å². The van der Waals surface area contributed by atoms with E-state index in [0.717, 1.165) is 35.8 Å². The van der Waals surface area contributed by atoms with Gasteiger partial charge in [-0.2, -0.15) is 0 Å². The van der Waals surface area contributed by atoms with Crippen molar-refractivity contribution in [3.63, 3.8) is 0 Å². The highest BCUT2D eigenvalue weighted by molar-refractivity contribution is 7.21. The summed E-state index contributed by atoms with van der Waals surface area (Å²) in [6, 6.07) is 7.81. The Labute approximate surface area is 168 Å². The molecule has 1 fully saturated rings. The third-order valence-corrected chi connectivity index (χ3v) is 6.32. The largest absolute Gasteiger partial charge is 0.483 e. The van der Waals surface area contributed by atoms with Gasteiger partial charge < -0.3 is 14.7 Å². The zero-order valence-corrected chi connectivity index (χ0v) is 16.8. The number of amides is 1. The van der Waals surface area contributed by atoms with Gasteiger partial charge in [0.2, 0.25) is 0 Å². The molecule has 1 aromatic heterocycles. The maximum atomic E-state index is 13.2. The first-order chi connectivity index (χ1) is 13.5. The summed E-state index contributed by atoms with van der Waals surface area (Å²) in [5.41, 5.74) is 0. The molecule has 1 N–H and O–H groups in total. The molecule has 7 heteroatoms. The predicted octanol–water partition coefficient (Wildman–Crippen LogP) is 4.12. The Morgan fingerprint density at radius 2 is 1.86 bits per heavy atom. The maximum Gasteiger partial charge on any atom is 0.303 e. The molecule has 0 aliphatic heterocycles. The Bertz CT molecular complexity index is 869. The highest BCUT2D eigenvalue weighted by atomic mass is 32.1. The second kappa shape index (κ2) is 9.19. The normalized spacial score (nSPS) is 14.8. The van der Waals surface area contributed by atoms with Crippen LogP contribution in [0.4, 0.5) is 0 Å². The molecule has 1 aliphatic carbocycles. The Balaban J connectivity index is 1.81. The van der Waals surface area contributed by atoms with Crippen molar-refractivity contribution in [2.24, 2.45) is 0 Å². The van der Waals surface area contributed by atoms with Crippen LogP contribution in [-0.4, -0.2) is 47.4 Å². The number of rotatable bonds is 8. The molecule has 0 bridgehead atoms. The van der Waals surface area contributed by atoms with Gasteiger partial charge in [0.05, 0.1) is 6.42 Å². The van der Waals surface area contributed by atoms with Crippen LogP contribution in [0.5, 0.6) is 5.75 Å². The number of carboxylic acid groups (broad SMARTS) is 1. The summed E-state index contributed by atoms with van der Waals surface area (Å²) < 4.78 is 6.69. The highest BCUT2D eigenvalue weighted by Gasteiger charge is 2.28. The molecule has 0 saturated heterocycles. The second-order valence-electron chi connectivity index (χ2n) is 7.19. The summed E-state index contributed by atoms with van der Waals surface area (Å²) >= 11 is 1.37. The van der Waals surface area contributed by atoms with Gasteiger partial charge in [-0.1, -0.05) is 31.4 Å². The second-order valence-corrected chi connectivity index (χ2v) is 8.24. The molecule has 1 aromatic carbocycles. The highest BCUT2D eigenvalue weighted by Crippen LogP contribution is 2.39. The van der Waals surface area contributed by atoms with Gasteiger partial charge in [0.1, 0.15) is 11.5 Å². The lowest BCUT2D eigenvalue weighted by Gasteiger charge is -2.31. The number of Topliss-reactive ketones (excluding diaryl/α,β-unsaturated/α-hetero) is 1. The van der Waals surface area contributed by atoms with Crippen LogP contribution in [-0.2, 0) is 9.59 Å². The van der Waals surface area contributed by atoms with Gasteiger partial charge in [-0.05, 0) is 25.0 Å². The van der Waals surface area contributed by atoms with Crippen molar-refractivity contribution in [3.8, 4) is 5.75 Å². The van der Waals surface area contributed by atoms with E-state index < -0.39 is 5.97 Å². The number of aliphatic carboxylic acids is 1. The molecule has 150 valence electrons. The van der Waals surface area contributed by atoms with Crippen LogP contribution in [0.2, 0.25) is 0 Å². The molecule has 1 amide bonds. The number of carbonyl (C=O) groups excluding carboxylic acids is 2. The van der Waals surface area contributed by atoms with E-state index in [1.807, 2.05) is 36.2 Å². The quantitative estimate of drug-likeness (QED) is 0.717. The lowest BCUT2D eigenvalue weighted by atomic mass is 9.94. The van der Waals surface area contributed by atoms with Crippen LogP contribution in [0.3, 0.4) is 0 Å². The van der Waals surface area contributed by atoms with Crippen molar-refractivity contribution in [2.45, 2.75) is 51.0 Å². The number of hydrogen-bond acceptors (Lipinski definition) is 5. The maximum absolute atomic E-state index is 13.2. The Morgan fingerprint density at radius 1 is 1.14 bits per heavy atom. The number of ketones is 1. The first-order valence-corrected chi connectivity index (χ1v) is 10.4. The fourth-order valence-corrected chi connectivity index (χ4v) is 4.70. The van der Waals surface area contributed by atoms with Gasteiger partial charge >= 0.3 is 5.97 Å². The summed E-state index contributed by atoms with van der Waals surface area (Å²) in [4.78, 5) is 38.1. The number of carbonyl (C=O) groups is 3. The van der Waals surface area contributed by atoms with Crippen molar-refractivity contribution < 1.29 is 24.2 Å². The average Bonchev–Trinajstić information content (AvgIpc) is 3.08. The van der Waals surface area contributed by atoms with Crippen molar-refractivity contribution in [3.05, 3.63) is 29.1 Å². The number of thiophene rings is 1. The predicted molar refractivity (Wildman–Crippen MR) is 108 cm³/mol. The third kappa shape index (κ3) is 4.70. The standard InChI is InChI=1S/C21H25NO5S/c1-22(14-7-3-2-4-8-14)21(26)20-19(16-9-5-6-10-17(16)28-20)27-13-15(23)11-12-18(24)25/h5-6,9-10,14H,2-4,7-8,11-13H2,1H3,(H,24,25). The van der Waals surface area contributed by atoms with Crippen LogP contribution in [0.25, 0.3) is 10.1 Å². The SMILES string of the molecule is CN(C(=O)c1sc2ccccc2c1OCC(=O)CCC(=O)O)C1CCCCC1. The molecule has 6 nitrogen and oxygen atoms in total. The van der Waals surface area contributed by atoms with Crippen LogP contribution >= 0.6 is 11.3 Å². The Hall–Kier alpha value is -2.41. The van der Waals surface area contributed by atoms with E-state index >= 15 is 0 Å². The molecule has 2 aromatic rings. The molecule has 1 aliphatic rings. The molecule has 28 heavy (non-hydrogen) atoms. The topological polar surface area (TPSA) is 83.9 Å². The van der Waals surface area contributed by atoms with Crippen LogP contribution in [0.15, 0.2) is 24.3 Å². The summed E-state index contributed by atoms with van der Waals surface area (Å²) in [5, 5.41) is 9.52. The lowest BCUT2D eigenvalue weighted by molar-refractivity contribution is -0.138. The molecule has 0 unspecified atom stereocenters. The van der Waals surface area contributed by atoms with Crippen molar-refractivity contribution >= 4 is 39.1 Å². The number of ether oxygens (including phenoxy) is 1. The number of nitrogens with zero attached hydrogens (tertiary/aromatic N) is 1. The lowest BCUT2D eigenvalue weighted by Crippen LogP contribution is -2.38. The molecule has 1 heterocycles. The zero-order chi connectivity index (χ0) is 20.1. The third-order valence-electron chi connectivity index (χ3n) is 5.18. The fraction of sp³-hybridized carbons (Fsp3) is 0.476. The molecular formula is C21H25NO5S. The van der Waals surface area contributed by atoms with Gasteiger partial charge in [-0.3, -0.25) is 14.4 Å². The fourth-order valence-electron chi connectivity index (χ4n) is 3.57. The molecule has 0 radical (unpaired) electrons. The molecule has 3 rings (SSSR count). The van der Waals surface area contributed by atoms with E-state index in [0.29, 0.717) is 10.6 Å². The van der Waals surface area contributed by atoms with Gasteiger partial charge in [-0.25, -0.2) is 0 Å². The molecular weight excluding hydrogens is 378 g/mol. The summed E-state index contributed by atoms with van der Waals surface area (Å²) in [5.74, 6) is -0.964. The molecule has 0 spiro atoms. The summed E-state index contributed by atoms with van der Waals surface area (Å²) in [7, 11) is 1.84. The molecule has 1 saturated carbocycles. The Kier molecular flexibility index (Phi) is 6.67. The minimum atomic E-state index is -1.01. The van der Waals surface area contributed by atoms with Crippen molar-refractivity contribution in [2.75, 3.05) is 13.7 Å². The van der Waals surface area contributed by atoms with Crippen LogP contribution < -0.4 is 4.74 Å². The first-order valence-electron chi connectivity index (χ1n) is 9.62. The van der Waals surface area contributed by atoms with Crippen LogP contribution in [0.1, 0.15) is 54.6 Å². The van der Waals surface area contributed by atoms with E-state index in [-0.39, 0.29) is 37.2 Å². The van der Waals surface area contributed by atoms with Crippen molar-refractivity contribution in [1.82, 2.24) is 4.90 Å². The van der Waals surface area contributed by atoms with E-state index in [4.69, 9.17) is 9.84 Å². The summed E-state index contributed by atoms with van der Waals surface area (Å²) in [6.45, 7) is -0.235. The number of fused-ring (bicyclic) bond motifs is 1. The Morgan fingerprint density at radius 3 is 2.57 bits per heavy atom. The van der Waals surface area contributed by atoms with E-state index in [9.17, 15) is 14.4 Å². The average molecular weight is 404 g/mol. The van der Waals surface area contributed by atoms with Gasteiger partial charge in [0.25, 0.3) is 5.91 Å². The molecule has 0 atom stereocenters.